The zero-order chi connectivity index (χ0) is 13.0. The fraction of sp³-hybridized carbons (Fsp3) is 0.0769. The van der Waals surface area contributed by atoms with Crippen LogP contribution < -0.4 is 15.2 Å². The van der Waals surface area contributed by atoms with E-state index in [2.05, 4.69) is 4.98 Å². The van der Waals surface area contributed by atoms with Crippen molar-refractivity contribution in [1.29, 1.82) is 5.26 Å². The van der Waals surface area contributed by atoms with E-state index in [0.717, 1.165) is 0 Å². The van der Waals surface area contributed by atoms with Crippen molar-refractivity contribution < 1.29 is 9.47 Å². The first-order chi connectivity index (χ1) is 8.72. The summed E-state index contributed by atoms with van der Waals surface area (Å²) in [6, 6.07) is 10.3. The van der Waals surface area contributed by atoms with E-state index in [0.29, 0.717) is 28.6 Å². The van der Waals surface area contributed by atoms with Gasteiger partial charge in [0.1, 0.15) is 11.8 Å². The first-order valence-electron chi connectivity index (χ1n) is 5.20. The molecule has 5 nitrogen and oxygen atoms in total. The number of nitriles is 1. The van der Waals surface area contributed by atoms with Crippen LogP contribution in [0.3, 0.4) is 0 Å². The molecule has 2 N–H and O–H groups in total. The summed E-state index contributed by atoms with van der Waals surface area (Å²) in [7, 11) is 1.57. The predicted molar refractivity (Wildman–Crippen MR) is 66.4 cm³/mol. The molecular formula is C13H11N3O2. The molecule has 0 aliphatic rings. The van der Waals surface area contributed by atoms with Gasteiger partial charge in [0.15, 0.2) is 5.75 Å². The summed E-state index contributed by atoms with van der Waals surface area (Å²) in [5.74, 6) is 1.53. The molecule has 0 saturated heterocycles. The van der Waals surface area contributed by atoms with Crippen LogP contribution in [-0.2, 0) is 0 Å². The van der Waals surface area contributed by atoms with Crippen LogP contribution in [0, 0.1) is 11.3 Å². The van der Waals surface area contributed by atoms with Crippen LogP contribution in [0.15, 0.2) is 36.5 Å². The lowest BCUT2D eigenvalue weighted by Crippen LogP contribution is -1.94. The lowest BCUT2D eigenvalue weighted by molar-refractivity contribution is 0.412. The van der Waals surface area contributed by atoms with E-state index in [4.69, 9.17) is 20.5 Å². The largest absolute Gasteiger partial charge is 0.497 e. The molecule has 0 bridgehead atoms. The number of methoxy groups -OCH3 is 1. The maximum absolute atomic E-state index is 8.66. The third-order valence-corrected chi connectivity index (χ3v) is 2.30. The number of nitrogens with zero attached hydrogens (tertiary/aromatic N) is 2. The molecule has 1 aromatic heterocycles. The minimum Gasteiger partial charge on any atom is -0.497 e. The molecular weight excluding hydrogens is 230 g/mol. The van der Waals surface area contributed by atoms with E-state index >= 15 is 0 Å². The number of nitrogens with two attached hydrogens (primary N) is 1. The minimum absolute atomic E-state index is 0.380. The van der Waals surface area contributed by atoms with E-state index in [9.17, 15) is 0 Å². The Morgan fingerprint density at radius 1 is 1.28 bits per heavy atom. The van der Waals surface area contributed by atoms with E-state index in [1.165, 1.54) is 6.20 Å². The van der Waals surface area contributed by atoms with Crippen LogP contribution in [0.25, 0.3) is 0 Å². The topological polar surface area (TPSA) is 81.2 Å². The average Bonchev–Trinajstić information content (AvgIpc) is 2.42. The molecule has 2 aromatic rings. The summed E-state index contributed by atoms with van der Waals surface area (Å²) in [6.45, 7) is 0. The molecule has 0 amide bonds. The van der Waals surface area contributed by atoms with Gasteiger partial charge >= 0.3 is 0 Å². The summed E-state index contributed by atoms with van der Waals surface area (Å²) in [5.41, 5.74) is 6.75. The van der Waals surface area contributed by atoms with Crippen LogP contribution in [0.2, 0.25) is 0 Å². The highest BCUT2D eigenvalue weighted by atomic mass is 16.5. The normalized spacial score (nSPS) is 9.56. The lowest BCUT2D eigenvalue weighted by atomic mass is 10.3. The van der Waals surface area contributed by atoms with Crippen molar-refractivity contribution in [3.63, 3.8) is 0 Å². The van der Waals surface area contributed by atoms with Crippen molar-refractivity contribution in [2.45, 2.75) is 0 Å². The summed E-state index contributed by atoms with van der Waals surface area (Å²) in [6.07, 6.45) is 1.44. The Balaban J connectivity index is 2.20. The van der Waals surface area contributed by atoms with Gasteiger partial charge in [-0.05, 0) is 18.2 Å². The van der Waals surface area contributed by atoms with Gasteiger partial charge in [-0.2, -0.15) is 5.26 Å². The van der Waals surface area contributed by atoms with Gasteiger partial charge in [0.05, 0.1) is 18.4 Å². The highest BCUT2D eigenvalue weighted by molar-refractivity contribution is 5.57. The number of pyridine rings is 1. The van der Waals surface area contributed by atoms with Crippen molar-refractivity contribution in [3.05, 3.63) is 42.1 Å². The standard InChI is InChI=1S/C13H11N3O2/c1-17-10-3-4-12(11(15)6-10)18-13-5-2-9(7-14)8-16-13/h2-6,8H,15H2,1H3. The molecule has 0 radical (unpaired) electrons. The Morgan fingerprint density at radius 2 is 2.11 bits per heavy atom. The molecule has 0 unspecified atom stereocenters. The molecule has 18 heavy (non-hydrogen) atoms. The second kappa shape index (κ2) is 5.06. The van der Waals surface area contributed by atoms with Gasteiger partial charge in [-0.15, -0.1) is 0 Å². The monoisotopic (exact) mass is 241 g/mol. The third-order valence-electron chi connectivity index (χ3n) is 2.30. The first-order valence-corrected chi connectivity index (χ1v) is 5.20. The summed E-state index contributed by atoms with van der Waals surface area (Å²) < 4.78 is 10.6. The maximum Gasteiger partial charge on any atom is 0.219 e. The summed E-state index contributed by atoms with van der Waals surface area (Å²) in [4.78, 5) is 4.00. The molecule has 0 fully saturated rings. The number of hydrogen-bond donors (Lipinski definition) is 1. The Labute approximate surface area is 104 Å². The van der Waals surface area contributed by atoms with Gasteiger partial charge in [0.2, 0.25) is 5.88 Å². The van der Waals surface area contributed by atoms with E-state index in [-0.39, 0.29) is 0 Å². The third kappa shape index (κ3) is 2.50. The second-order valence-electron chi connectivity index (χ2n) is 3.50. The molecule has 1 aromatic carbocycles. The first kappa shape index (κ1) is 11.7. The zero-order valence-electron chi connectivity index (χ0n) is 9.75. The van der Waals surface area contributed by atoms with Gasteiger partial charge in [0.25, 0.3) is 0 Å². The van der Waals surface area contributed by atoms with Crippen molar-refractivity contribution in [2.24, 2.45) is 0 Å². The predicted octanol–water partition coefficient (Wildman–Crippen LogP) is 2.34. The molecule has 0 spiro atoms. The Hall–Kier alpha value is -2.74. The number of aromatic nitrogens is 1. The molecule has 2 rings (SSSR count). The maximum atomic E-state index is 8.66. The smallest absolute Gasteiger partial charge is 0.219 e. The van der Waals surface area contributed by atoms with Crippen LogP contribution in [-0.4, -0.2) is 12.1 Å². The van der Waals surface area contributed by atoms with Gasteiger partial charge in [-0.25, -0.2) is 4.98 Å². The van der Waals surface area contributed by atoms with Crippen LogP contribution in [0.5, 0.6) is 17.4 Å². The SMILES string of the molecule is COc1ccc(Oc2ccc(C#N)cn2)c(N)c1. The Kier molecular flexibility index (Phi) is 3.30. The number of rotatable bonds is 3. The fourth-order valence-corrected chi connectivity index (χ4v) is 1.37. The Morgan fingerprint density at radius 3 is 2.67 bits per heavy atom. The quantitative estimate of drug-likeness (QED) is 0.834. The van der Waals surface area contributed by atoms with Crippen molar-refractivity contribution in [3.8, 4) is 23.4 Å². The van der Waals surface area contributed by atoms with Crippen LogP contribution in [0.1, 0.15) is 5.56 Å². The number of anilines is 1. The summed E-state index contributed by atoms with van der Waals surface area (Å²) in [5, 5.41) is 8.66. The van der Waals surface area contributed by atoms with Crippen molar-refractivity contribution in [1.82, 2.24) is 4.98 Å². The van der Waals surface area contributed by atoms with Crippen molar-refractivity contribution in [2.75, 3.05) is 12.8 Å². The van der Waals surface area contributed by atoms with Gasteiger partial charge in [-0.1, -0.05) is 0 Å². The van der Waals surface area contributed by atoms with E-state index < -0.39 is 0 Å². The second-order valence-corrected chi connectivity index (χ2v) is 3.50. The van der Waals surface area contributed by atoms with Crippen LogP contribution >= 0.6 is 0 Å². The number of nitrogen functional groups attached to an aromatic ring is 1. The van der Waals surface area contributed by atoms with Crippen molar-refractivity contribution >= 4 is 5.69 Å². The van der Waals surface area contributed by atoms with Gasteiger partial charge < -0.3 is 15.2 Å². The molecule has 0 aliphatic carbocycles. The van der Waals surface area contributed by atoms with E-state index in [1.807, 2.05) is 6.07 Å². The van der Waals surface area contributed by atoms with Gasteiger partial charge in [0, 0.05) is 18.3 Å². The molecule has 1 heterocycles. The fourth-order valence-electron chi connectivity index (χ4n) is 1.37. The van der Waals surface area contributed by atoms with Gasteiger partial charge in [-0.3, -0.25) is 0 Å². The average molecular weight is 241 g/mol. The minimum atomic E-state index is 0.380. The highest BCUT2D eigenvalue weighted by Gasteiger charge is 2.04. The Bertz CT molecular complexity index is 588. The zero-order valence-corrected chi connectivity index (χ0v) is 9.75. The highest BCUT2D eigenvalue weighted by Crippen LogP contribution is 2.29. The molecule has 90 valence electrons. The van der Waals surface area contributed by atoms with E-state index in [1.54, 1.807) is 37.4 Å². The molecule has 0 saturated carbocycles. The molecule has 0 aliphatic heterocycles. The number of ether oxygens (including phenoxy) is 2. The number of benzene rings is 1. The van der Waals surface area contributed by atoms with Crippen LogP contribution in [0.4, 0.5) is 5.69 Å². The molecule has 0 atom stereocenters. The number of hydrogen-bond acceptors (Lipinski definition) is 5. The lowest BCUT2D eigenvalue weighted by Gasteiger charge is -2.08. The summed E-state index contributed by atoms with van der Waals surface area (Å²) >= 11 is 0. The molecule has 5 heteroatoms.